The average Bonchev–Trinajstić information content (AvgIpc) is 2.34. The van der Waals surface area contributed by atoms with Crippen molar-refractivity contribution in [2.45, 2.75) is 52.8 Å². The maximum Gasteiger partial charge on any atom is 0.510 e. The van der Waals surface area contributed by atoms with Crippen molar-refractivity contribution in [1.29, 1.82) is 0 Å². The number of phosphoric acid groups is 1. The number of rotatable bonds is 7. The Labute approximate surface area is 134 Å². The number of hydrogen-bond acceptors (Lipinski definition) is 10. The summed E-state index contributed by atoms with van der Waals surface area (Å²) in [5.74, 6) is 0. The van der Waals surface area contributed by atoms with E-state index >= 15 is 0 Å². The molecule has 0 aromatic carbocycles. The van der Waals surface area contributed by atoms with Crippen LogP contribution in [0.3, 0.4) is 0 Å². The summed E-state index contributed by atoms with van der Waals surface area (Å²) < 4.78 is 45.8. The second-order valence-corrected chi connectivity index (χ2v) is 6.64. The Morgan fingerprint density at radius 3 is 1.48 bits per heavy atom. The summed E-state index contributed by atoms with van der Waals surface area (Å²) in [5, 5.41) is 0. The van der Waals surface area contributed by atoms with Crippen LogP contribution in [0.4, 0.5) is 9.59 Å². The van der Waals surface area contributed by atoms with Crippen LogP contribution in [0, 0.1) is 0 Å². The molecule has 11 heteroatoms. The van der Waals surface area contributed by atoms with E-state index in [9.17, 15) is 14.2 Å². The van der Waals surface area contributed by atoms with Crippen LogP contribution in [-0.2, 0) is 37.1 Å². The van der Waals surface area contributed by atoms with Crippen molar-refractivity contribution >= 4 is 20.1 Å². The van der Waals surface area contributed by atoms with E-state index in [0.29, 0.717) is 0 Å². The highest BCUT2D eigenvalue weighted by Crippen LogP contribution is 2.54. The Bertz CT molecular complexity index is 414. The van der Waals surface area contributed by atoms with Crippen molar-refractivity contribution in [3.63, 3.8) is 0 Å². The third kappa shape index (κ3) is 10.1. The third-order valence-corrected chi connectivity index (χ3v) is 3.68. The van der Waals surface area contributed by atoms with Crippen LogP contribution < -0.4 is 0 Å². The standard InChI is InChI=1S/C12H23O10P/c1-8(18-10(13)16-6)20-23(15,22-12(3,4)5)21-9(2)19-11(14)17-7/h8-9H,1-7H3. The minimum Gasteiger partial charge on any atom is -0.438 e. The molecule has 0 spiro atoms. The van der Waals surface area contributed by atoms with Gasteiger partial charge in [-0.2, -0.15) is 0 Å². The zero-order valence-corrected chi connectivity index (χ0v) is 15.1. The average molecular weight is 358 g/mol. The largest absolute Gasteiger partial charge is 0.510 e. The van der Waals surface area contributed by atoms with Crippen LogP contribution in [0.25, 0.3) is 0 Å². The number of phosphoric ester groups is 1. The second kappa shape index (κ2) is 9.07. The van der Waals surface area contributed by atoms with Gasteiger partial charge >= 0.3 is 20.1 Å². The highest BCUT2D eigenvalue weighted by molar-refractivity contribution is 7.48. The van der Waals surface area contributed by atoms with Gasteiger partial charge in [-0.25, -0.2) is 23.2 Å². The normalized spacial score (nSPS) is 16.7. The maximum absolute atomic E-state index is 12.7. The van der Waals surface area contributed by atoms with Crippen LogP contribution in [0.5, 0.6) is 0 Å². The molecule has 136 valence electrons. The fraction of sp³-hybridized carbons (Fsp3) is 0.833. The van der Waals surface area contributed by atoms with Gasteiger partial charge in [0.25, 0.3) is 0 Å². The van der Waals surface area contributed by atoms with E-state index in [4.69, 9.17) is 13.6 Å². The molecule has 0 amide bonds. The lowest BCUT2D eigenvalue weighted by Crippen LogP contribution is -2.26. The van der Waals surface area contributed by atoms with E-state index in [1.54, 1.807) is 20.8 Å². The second-order valence-electron chi connectivity index (χ2n) is 5.14. The highest BCUT2D eigenvalue weighted by Gasteiger charge is 2.38. The molecule has 0 aromatic rings. The first-order valence-electron chi connectivity index (χ1n) is 6.57. The molecule has 0 rings (SSSR count). The molecule has 0 radical (unpaired) electrons. The molecule has 0 aliphatic rings. The van der Waals surface area contributed by atoms with Gasteiger partial charge in [0.2, 0.25) is 12.6 Å². The molecule has 0 aliphatic heterocycles. The molecular weight excluding hydrogens is 335 g/mol. The van der Waals surface area contributed by atoms with Gasteiger partial charge in [-0.05, 0) is 34.6 Å². The Balaban J connectivity index is 4.99. The lowest BCUT2D eigenvalue weighted by molar-refractivity contribution is -0.107. The molecule has 0 aliphatic carbocycles. The van der Waals surface area contributed by atoms with Gasteiger partial charge in [-0.1, -0.05) is 0 Å². The van der Waals surface area contributed by atoms with Crippen molar-refractivity contribution in [2.24, 2.45) is 0 Å². The summed E-state index contributed by atoms with van der Waals surface area (Å²) in [6.45, 7) is 7.37. The Kier molecular flexibility index (Phi) is 8.54. The molecule has 0 fully saturated rings. The molecule has 0 saturated carbocycles. The maximum atomic E-state index is 12.7. The zero-order valence-electron chi connectivity index (χ0n) is 14.2. The van der Waals surface area contributed by atoms with Gasteiger partial charge < -0.3 is 18.9 Å². The summed E-state index contributed by atoms with van der Waals surface area (Å²) in [4.78, 5) is 22.0. The van der Waals surface area contributed by atoms with Crippen LogP contribution in [-0.4, -0.2) is 44.7 Å². The van der Waals surface area contributed by atoms with Crippen LogP contribution >= 0.6 is 7.82 Å². The molecule has 2 atom stereocenters. The SMILES string of the molecule is COC(=O)OC(C)OP(=O)(OC(C)OC(=O)OC)OC(C)(C)C. The quantitative estimate of drug-likeness (QED) is 0.381. The summed E-state index contributed by atoms with van der Waals surface area (Å²) in [7, 11) is -2.05. The number of hydrogen-bond donors (Lipinski definition) is 0. The van der Waals surface area contributed by atoms with E-state index in [1.807, 2.05) is 0 Å². The lowest BCUT2D eigenvalue weighted by Gasteiger charge is -2.29. The molecule has 0 saturated heterocycles. The van der Waals surface area contributed by atoms with E-state index in [-0.39, 0.29) is 0 Å². The van der Waals surface area contributed by atoms with Crippen molar-refractivity contribution < 1.29 is 46.7 Å². The van der Waals surface area contributed by atoms with Gasteiger partial charge in [0, 0.05) is 0 Å². The predicted octanol–water partition coefficient (Wildman–Crippen LogP) is 3.20. The fourth-order valence-corrected chi connectivity index (χ4v) is 2.80. The molecule has 2 unspecified atom stereocenters. The Hall–Kier alpha value is -1.35. The number of ether oxygens (including phenoxy) is 4. The predicted molar refractivity (Wildman–Crippen MR) is 76.5 cm³/mol. The van der Waals surface area contributed by atoms with E-state index in [1.165, 1.54) is 13.8 Å². The number of methoxy groups -OCH3 is 2. The smallest absolute Gasteiger partial charge is 0.438 e. The molecule has 0 bridgehead atoms. The minimum atomic E-state index is -4.25. The molecular formula is C12H23O10P. The van der Waals surface area contributed by atoms with Crippen molar-refractivity contribution in [3.8, 4) is 0 Å². The summed E-state index contributed by atoms with van der Waals surface area (Å²) in [5.41, 5.74) is -0.925. The zero-order chi connectivity index (χ0) is 18.3. The molecule has 0 heterocycles. The number of carbonyl (C=O) groups excluding carboxylic acids is 2. The van der Waals surface area contributed by atoms with Gasteiger partial charge in [0.1, 0.15) is 0 Å². The first-order valence-corrected chi connectivity index (χ1v) is 8.03. The minimum absolute atomic E-state index is 0.925. The number of carbonyl (C=O) groups is 2. The molecule has 0 N–H and O–H groups in total. The molecule has 10 nitrogen and oxygen atoms in total. The summed E-state index contributed by atoms with van der Waals surface area (Å²) >= 11 is 0. The van der Waals surface area contributed by atoms with Crippen LogP contribution in [0.2, 0.25) is 0 Å². The van der Waals surface area contributed by atoms with Crippen LogP contribution in [0.15, 0.2) is 0 Å². The first kappa shape index (κ1) is 21.6. The van der Waals surface area contributed by atoms with Crippen molar-refractivity contribution in [1.82, 2.24) is 0 Å². The van der Waals surface area contributed by atoms with Crippen LogP contribution in [0.1, 0.15) is 34.6 Å². The molecule has 23 heavy (non-hydrogen) atoms. The van der Waals surface area contributed by atoms with Gasteiger partial charge in [0.15, 0.2) is 0 Å². The van der Waals surface area contributed by atoms with Crippen molar-refractivity contribution in [2.75, 3.05) is 14.2 Å². The Morgan fingerprint density at radius 1 is 0.870 bits per heavy atom. The Morgan fingerprint density at radius 2 is 1.22 bits per heavy atom. The third-order valence-electron chi connectivity index (χ3n) is 1.80. The van der Waals surface area contributed by atoms with Gasteiger partial charge in [-0.15, -0.1) is 0 Å². The van der Waals surface area contributed by atoms with Gasteiger partial charge in [0.05, 0.1) is 19.8 Å². The van der Waals surface area contributed by atoms with Gasteiger partial charge in [-0.3, -0.25) is 4.52 Å². The van der Waals surface area contributed by atoms with Crippen molar-refractivity contribution in [3.05, 3.63) is 0 Å². The molecule has 0 aromatic heterocycles. The van der Waals surface area contributed by atoms with E-state index in [2.05, 4.69) is 18.9 Å². The highest BCUT2D eigenvalue weighted by atomic mass is 31.2. The lowest BCUT2D eigenvalue weighted by atomic mass is 10.2. The first-order chi connectivity index (χ1) is 10.4. The topological polar surface area (TPSA) is 116 Å². The van der Waals surface area contributed by atoms with E-state index < -0.39 is 38.3 Å². The summed E-state index contributed by atoms with van der Waals surface area (Å²) in [6, 6.07) is 0. The summed E-state index contributed by atoms with van der Waals surface area (Å²) in [6.07, 6.45) is -4.70. The fourth-order valence-electron chi connectivity index (χ4n) is 1.18. The monoisotopic (exact) mass is 358 g/mol. The van der Waals surface area contributed by atoms with E-state index in [0.717, 1.165) is 14.2 Å².